The van der Waals surface area contributed by atoms with Gasteiger partial charge in [-0.25, -0.2) is 0 Å². The van der Waals surface area contributed by atoms with Crippen LogP contribution in [0.2, 0.25) is 5.02 Å². The fourth-order valence-electron chi connectivity index (χ4n) is 2.52. The molecule has 1 rings (SSSR count). The monoisotopic (exact) mass is 312 g/mol. The van der Waals surface area contributed by atoms with Crippen LogP contribution in [0, 0.1) is 0 Å². The number of ether oxygens (including phenoxy) is 1. The molecule has 0 saturated heterocycles. The molecule has 120 valence electrons. The number of rotatable bonds is 10. The highest BCUT2D eigenvalue weighted by molar-refractivity contribution is 6.30. The molecule has 3 nitrogen and oxygen atoms in total. The summed E-state index contributed by atoms with van der Waals surface area (Å²) in [4.78, 5) is 2.44. The van der Waals surface area contributed by atoms with E-state index in [2.05, 4.69) is 31.0 Å². The number of methoxy groups -OCH3 is 1. The standard InChI is InChI=1S/C17H29ClN2O/c1-5-11-19-16(10-12-20(6-2)7-3)15-13-14(18)8-9-17(15)21-4/h8-9,13,16,19H,5-7,10-12H2,1-4H3. The summed E-state index contributed by atoms with van der Waals surface area (Å²) in [6, 6.07) is 6.13. The van der Waals surface area contributed by atoms with Crippen LogP contribution in [0.3, 0.4) is 0 Å². The minimum Gasteiger partial charge on any atom is -0.496 e. The number of hydrogen-bond donors (Lipinski definition) is 1. The number of nitrogens with zero attached hydrogens (tertiary/aromatic N) is 1. The van der Waals surface area contributed by atoms with E-state index in [0.717, 1.165) is 55.4 Å². The Morgan fingerprint density at radius 1 is 1.24 bits per heavy atom. The maximum Gasteiger partial charge on any atom is 0.123 e. The van der Waals surface area contributed by atoms with Crippen molar-refractivity contribution in [3.63, 3.8) is 0 Å². The molecule has 1 aromatic rings. The predicted octanol–water partition coefficient (Wildman–Crippen LogP) is 4.12. The van der Waals surface area contributed by atoms with Crippen LogP contribution < -0.4 is 10.1 Å². The Hall–Kier alpha value is -0.770. The lowest BCUT2D eigenvalue weighted by Crippen LogP contribution is -2.30. The molecule has 0 radical (unpaired) electrons. The molecular weight excluding hydrogens is 284 g/mol. The highest BCUT2D eigenvalue weighted by atomic mass is 35.5. The van der Waals surface area contributed by atoms with Crippen molar-refractivity contribution >= 4 is 11.6 Å². The first-order valence-electron chi connectivity index (χ1n) is 7.95. The summed E-state index contributed by atoms with van der Waals surface area (Å²) in [5, 5.41) is 4.39. The second kappa shape index (κ2) is 10.0. The van der Waals surface area contributed by atoms with Crippen molar-refractivity contribution in [1.82, 2.24) is 10.2 Å². The number of nitrogens with one attached hydrogen (secondary N) is 1. The van der Waals surface area contributed by atoms with Crippen LogP contribution in [0.25, 0.3) is 0 Å². The molecule has 0 aliphatic carbocycles. The van der Waals surface area contributed by atoms with Crippen molar-refractivity contribution < 1.29 is 4.74 Å². The fraction of sp³-hybridized carbons (Fsp3) is 0.647. The molecule has 0 aliphatic rings. The van der Waals surface area contributed by atoms with Gasteiger partial charge in [0.1, 0.15) is 5.75 Å². The van der Waals surface area contributed by atoms with Gasteiger partial charge in [-0.1, -0.05) is 32.4 Å². The van der Waals surface area contributed by atoms with Crippen molar-refractivity contribution in [2.24, 2.45) is 0 Å². The third-order valence-electron chi connectivity index (χ3n) is 3.84. The molecule has 0 saturated carbocycles. The Morgan fingerprint density at radius 3 is 2.52 bits per heavy atom. The lowest BCUT2D eigenvalue weighted by Gasteiger charge is -2.25. The molecule has 0 fully saturated rings. The average molecular weight is 313 g/mol. The van der Waals surface area contributed by atoms with Crippen molar-refractivity contribution in [3.8, 4) is 5.75 Å². The summed E-state index contributed by atoms with van der Waals surface area (Å²) in [6.45, 7) is 10.8. The van der Waals surface area contributed by atoms with E-state index in [-0.39, 0.29) is 6.04 Å². The SMILES string of the molecule is CCCNC(CCN(CC)CC)c1cc(Cl)ccc1OC. The Balaban J connectivity index is 2.87. The van der Waals surface area contributed by atoms with E-state index < -0.39 is 0 Å². The largest absolute Gasteiger partial charge is 0.496 e. The molecule has 1 N–H and O–H groups in total. The third kappa shape index (κ3) is 5.85. The maximum atomic E-state index is 6.18. The number of benzene rings is 1. The molecule has 4 heteroatoms. The van der Waals surface area contributed by atoms with Crippen LogP contribution in [-0.4, -0.2) is 38.2 Å². The van der Waals surface area contributed by atoms with Gasteiger partial charge in [0.15, 0.2) is 0 Å². The molecule has 1 unspecified atom stereocenters. The van der Waals surface area contributed by atoms with Crippen LogP contribution in [0.5, 0.6) is 5.75 Å². The topological polar surface area (TPSA) is 24.5 Å². The molecule has 0 aromatic heterocycles. The van der Waals surface area contributed by atoms with Gasteiger partial charge in [0.25, 0.3) is 0 Å². The van der Waals surface area contributed by atoms with Gasteiger partial charge < -0.3 is 15.0 Å². The Bertz CT molecular complexity index is 408. The molecule has 0 aliphatic heterocycles. The molecule has 0 amide bonds. The Labute approximate surface area is 134 Å². The first-order chi connectivity index (χ1) is 10.2. The molecule has 0 spiro atoms. The average Bonchev–Trinajstić information content (AvgIpc) is 2.51. The van der Waals surface area contributed by atoms with E-state index >= 15 is 0 Å². The van der Waals surface area contributed by atoms with E-state index in [1.165, 1.54) is 0 Å². The molecular formula is C17H29ClN2O. The summed E-state index contributed by atoms with van der Waals surface area (Å²) in [5.41, 5.74) is 1.16. The summed E-state index contributed by atoms with van der Waals surface area (Å²) in [5.74, 6) is 0.910. The van der Waals surface area contributed by atoms with Crippen LogP contribution in [-0.2, 0) is 0 Å². The molecule has 0 bridgehead atoms. The van der Waals surface area contributed by atoms with Gasteiger partial charge in [0, 0.05) is 16.6 Å². The van der Waals surface area contributed by atoms with Crippen molar-refractivity contribution in [3.05, 3.63) is 28.8 Å². The highest BCUT2D eigenvalue weighted by Crippen LogP contribution is 2.30. The fourth-order valence-corrected chi connectivity index (χ4v) is 2.70. The lowest BCUT2D eigenvalue weighted by molar-refractivity contribution is 0.280. The van der Waals surface area contributed by atoms with Crippen LogP contribution in [0.1, 0.15) is 45.2 Å². The second-order valence-corrected chi connectivity index (χ2v) is 5.64. The predicted molar refractivity (Wildman–Crippen MR) is 91.4 cm³/mol. The van der Waals surface area contributed by atoms with Crippen LogP contribution >= 0.6 is 11.6 Å². The van der Waals surface area contributed by atoms with E-state index in [1.54, 1.807) is 7.11 Å². The summed E-state index contributed by atoms with van der Waals surface area (Å²) in [6.07, 6.45) is 2.17. The molecule has 1 atom stereocenters. The van der Waals surface area contributed by atoms with E-state index in [0.29, 0.717) is 0 Å². The number of halogens is 1. The minimum absolute atomic E-state index is 0.277. The van der Waals surface area contributed by atoms with Gasteiger partial charge in [-0.05, 0) is 57.2 Å². The van der Waals surface area contributed by atoms with Crippen LogP contribution in [0.4, 0.5) is 0 Å². The maximum absolute atomic E-state index is 6.18. The highest BCUT2D eigenvalue weighted by Gasteiger charge is 2.17. The zero-order valence-corrected chi connectivity index (χ0v) is 14.5. The zero-order chi connectivity index (χ0) is 15.7. The minimum atomic E-state index is 0.277. The zero-order valence-electron chi connectivity index (χ0n) is 13.8. The smallest absolute Gasteiger partial charge is 0.123 e. The quantitative estimate of drug-likeness (QED) is 0.703. The van der Waals surface area contributed by atoms with Gasteiger partial charge in [-0.2, -0.15) is 0 Å². The third-order valence-corrected chi connectivity index (χ3v) is 4.07. The normalized spacial score (nSPS) is 12.7. The summed E-state index contributed by atoms with van der Waals surface area (Å²) < 4.78 is 5.51. The molecule has 21 heavy (non-hydrogen) atoms. The second-order valence-electron chi connectivity index (χ2n) is 5.21. The Morgan fingerprint density at radius 2 is 1.95 bits per heavy atom. The van der Waals surface area contributed by atoms with E-state index in [4.69, 9.17) is 16.3 Å². The lowest BCUT2D eigenvalue weighted by atomic mass is 10.0. The van der Waals surface area contributed by atoms with Gasteiger partial charge in [0.2, 0.25) is 0 Å². The Kier molecular flexibility index (Phi) is 8.74. The van der Waals surface area contributed by atoms with E-state index in [1.807, 2.05) is 18.2 Å². The van der Waals surface area contributed by atoms with Gasteiger partial charge in [-0.15, -0.1) is 0 Å². The molecule has 0 heterocycles. The van der Waals surface area contributed by atoms with Crippen molar-refractivity contribution in [2.75, 3.05) is 33.3 Å². The van der Waals surface area contributed by atoms with Gasteiger partial charge in [0.05, 0.1) is 7.11 Å². The van der Waals surface area contributed by atoms with E-state index in [9.17, 15) is 0 Å². The van der Waals surface area contributed by atoms with Crippen LogP contribution in [0.15, 0.2) is 18.2 Å². The summed E-state index contributed by atoms with van der Waals surface area (Å²) in [7, 11) is 1.72. The van der Waals surface area contributed by atoms with Gasteiger partial charge in [-0.3, -0.25) is 0 Å². The first kappa shape index (κ1) is 18.3. The van der Waals surface area contributed by atoms with Crippen molar-refractivity contribution in [2.45, 2.75) is 39.7 Å². The van der Waals surface area contributed by atoms with Crippen molar-refractivity contribution in [1.29, 1.82) is 0 Å². The molecule has 1 aromatic carbocycles. The van der Waals surface area contributed by atoms with Gasteiger partial charge >= 0.3 is 0 Å². The number of hydrogen-bond acceptors (Lipinski definition) is 3. The first-order valence-corrected chi connectivity index (χ1v) is 8.33. The summed E-state index contributed by atoms with van der Waals surface area (Å²) >= 11 is 6.18.